The van der Waals surface area contributed by atoms with Crippen molar-refractivity contribution < 1.29 is 18.0 Å². The van der Waals surface area contributed by atoms with Gasteiger partial charge in [0.2, 0.25) is 0 Å². The lowest BCUT2D eigenvalue weighted by molar-refractivity contribution is -0.116. The Morgan fingerprint density at radius 1 is 0.897 bits per heavy atom. The largest absolute Gasteiger partial charge is 0.294 e. The normalized spacial score (nSPS) is 14.8. The predicted molar refractivity (Wildman–Crippen MR) is 112 cm³/mol. The molecule has 0 aromatic heterocycles. The highest BCUT2D eigenvalue weighted by Crippen LogP contribution is 2.30. The lowest BCUT2D eigenvalue weighted by Gasteiger charge is -2.30. The van der Waals surface area contributed by atoms with E-state index in [0.29, 0.717) is 36.1 Å². The van der Waals surface area contributed by atoms with Crippen molar-refractivity contribution in [1.82, 2.24) is 4.31 Å². The average Bonchev–Trinajstić information content (AvgIpc) is 2.69. The van der Waals surface area contributed by atoms with E-state index < -0.39 is 10.0 Å². The van der Waals surface area contributed by atoms with Crippen LogP contribution in [0.2, 0.25) is 0 Å². The molecule has 0 N–H and O–H groups in total. The first-order valence-electron chi connectivity index (χ1n) is 9.62. The van der Waals surface area contributed by atoms with E-state index in [-0.39, 0.29) is 23.0 Å². The number of carbonyl (C=O) groups is 2. The Kier molecular flexibility index (Phi) is 6.03. The molecule has 0 unspecified atom stereocenters. The number of benzene rings is 2. The number of allylic oxidation sites excluding steroid dienone is 2. The molecule has 0 saturated heterocycles. The molecule has 29 heavy (non-hydrogen) atoms. The number of rotatable bonds is 6. The van der Waals surface area contributed by atoms with Crippen LogP contribution in [0.15, 0.2) is 64.7 Å². The molecular formula is C23H25NO4S. The molecule has 0 bridgehead atoms. The second-order valence-electron chi connectivity index (χ2n) is 7.46. The Balaban J connectivity index is 2.05. The Morgan fingerprint density at radius 2 is 1.45 bits per heavy atom. The third-order valence-electron chi connectivity index (χ3n) is 5.24. The highest BCUT2D eigenvalue weighted by atomic mass is 32.2. The maximum atomic E-state index is 13.4. The van der Waals surface area contributed by atoms with Gasteiger partial charge in [0.25, 0.3) is 10.0 Å². The minimum absolute atomic E-state index is 0.0712. The number of hydrogen-bond donors (Lipinski definition) is 0. The molecule has 2 aromatic rings. The van der Waals surface area contributed by atoms with E-state index in [1.165, 1.54) is 12.1 Å². The number of sulfonamides is 1. The summed E-state index contributed by atoms with van der Waals surface area (Å²) in [6, 6.07) is 13.5. The van der Waals surface area contributed by atoms with E-state index in [2.05, 4.69) is 0 Å². The SMILES string of the molecule is CC1=C(N(CC(=O)c2ccc(C)cc2)S(=O)(=O)c2ccc(C)cc2)CCCC1=O. The summed E-state index contributed by atoms with van der Waals surface area (Å²) in [4.78, 5) is 25.3. The fraction of sp³-hybridized carbons (Fsp3) is 0.304. The zero-order valence-corrected chi connectivity index (χ0v) is 17.8. The second kappa shape index (κ2) is 8.33. The standard InChI is InChI=1S/C23H25NO4S/c1-16-7-11-19(12-8-16)23(26)15-24(21-5-4-6-22(25)18(21)3)29(27,28)20-13-9-17(2)10-14-20/h7-14H,4-6,15H2,1-3H3. The van der Waals surface area contributed by atoms with E-state index in [9.17, 15) is 18.0 Å². The fourth-order valence-electron chi connectivity index (χ4n) is 3.39. The second-order valence-corrected chi connectivity index (χ2v) is 9.32. The van der Waals surface area contributed by atoms with E-state index in [0.717, 1.165) is 15.4 Å². The summed E-state index contributed by atoms with van der Waals surface area (Å²) < 4.78 is 28.0. The van der Waals surface area contributed by atoms with Crippen molar-refractivity contribution in [1.29, 1.82) is 0 Å². The predicted octanol–water partition coefficient (Wildman–Crippen LogP) is 4.20. The van der Waals surface area contributed by atoms with E-state index in [1.807, 2.05) is 26.0 Å². The third kappa shape index (κ3) is 4.48. The maximum absolute atomic E-state index is 13.4. The Hall–Kier alpha value is -2.73. The lowest BCUT2D eigenvalue weighted by Crippen LogP contribution is -2.37. The zero-order chi connectivity index (χ0) is 21.2. The molecule has 0 atom stereocenters. The zero-order valence-electron chi connectivity index (χ0n) is 16.9. The summed E-state index contributed by atoms with van der Waals surface area (Å²) in [6.45, 7) is 5.11. The number of ketones is 2. The van der Waals surface area contributed by atoms with E-state index in [1.54, 1.807) is 31.2 Å². The average molecular weight is 412 g/mol. The first-order chi connectivity index (χ1) is 13.7. The van der Waals surface area contributed by atoms with Gasteiger partial charge in [-0.05, 0) is 45.7 Å². The molecule has 1 aliphatic rings. The minimum Gasteiger partial charge on any atom is -0.294 e. The number of hydrogen-bond acceptors (Lipinski definition) is 4. The Bertz CT molecular complexity index is 1060. The van der Waals surface area contributed by atoms with Crippen molar-refractivity contribution in [3.63, 3.8) is 0 Å². The van der Waals surface area contributed by atoms with Crippen LogP contribution in [-0.4, -0.2) is 30.8 Å². The van der Waals surface area contributed by atoms with Gasteiger partial charge in [0, 0.05) is 23.3 Å². The number of aryl methyl sites for hydroxylation is 2. The summed E-state index contributed by atoms with van der Waals surface area (Å²) in [5.41, 5.74) is 3.24. The number of carbonyl (C=O) groups excluding carboxylic acids is 2. The Labute approximate surface area is 172 Å². The maximum Gasteiger partial charge on any atom is 0.264 e. The van der Waals surface area contributed by atoms with Gasteiger partial charge in [-0.3, -0.25) is 13.9 Å². The summed E-state index contributed by atoms with van der Waals surface area (Å²) in [5, 5.41) is 0. The highest BCUT2D eigenvalue weighted by Gasteiger charge is 2.32. The molecule has 0 amide bonds. The molecule has 0 saturated carbocycles. The van der Waals surface area contributed by atoms with Crippen LogP contribution in [0.25, 0.3) is 0 Å². The summed E-state index contributed by atoms with van der Waals surface area (Å²) in [5.74, 6) is -0.378. The number of Topliss-reactive ketones (excluding diaryl/α,β-unsaturated/α-hetero) is 2. The smallest absolute Gasteiger partial charge is 0.264 e. The molecule has 0 heterocycles. The van der Waals surface area contributed by atoms with Crippen LogP contribution in [0.5, 0.6) is 0 Å². The molecule has 0 aliphatic heterocycles. The summed E-state index contributed by atoms with van der Waals surface area (Å²) in [6.07, 6.45) is 1.42. The van der Waals surface area contributed by atoms with E-state index >= 15 is 0 Å². The van der Waals surface area contributed by atoms with Gasteiger partial charge in [-0.15, -0.1) is 0 Å². The van der Waals surface area contributed by atoms with Gasteiger partial charge in [0.05, 0.1) is 11.4 Å². The van der Waals surface area contributed by atoms with Gasteiger partial charge >= 0.3 is 0 Å². The monoisotopic (exact) mass is 411 g/mol. The summed E-state index contributed by atoms with van der Waals surface area (Å²) in [7, 11) is -3.98. The minimum atomic E-state index is -3.98. The molecule has 2 aromatic carbocycles. The molecule has 1 aliphatic carbocycles. The molecule has 6 heteroatoms. The highest BCUT2D eigenvalue weighted by molar-refractivity contribution is 7.89. The van der Waals surface area contributed by atoms with Crippen molar-refractivity contribution >= 4 is 21.6 Å². The van der Waals surface area contributed by atoms with Crippen LogP contribution in [0, 0.1) is 13.8 Å². The molecular weight excluding hydrogens is 386 g/mol. The quantitative estimate of drug-likeness (QED) is 0.668. The van der Waals surface area contributed by atoms with Crippen molar-refractivity contribution in [3.05, 3.63) is 76.5 Å². The van der Waals surface area contributed by atoms with Crippen LogP contribution in [0.3, 0.4) is 0 Å². The van der Waals surface area contributed by atoms with Crippen LogP contribution < -0.4 is 0 Å². The van der Waals surface area contributed by atoms with Gasteiger partial charge < -0.3 is 0 Å². The van der Waals surface area contributed by atoms with Crippen molar-refractivity contribution in [2.75, 3.05) is 6.54 Å². The summed E-state index contributed by atoms with van der Waals surface area (Å²) >= 11 is 0. The van der Waals surface area contributed by atoms with Crippen LogP contribution in [-0.2, 0) is 14.8 Å². The molecule has 3 rings (SSSR count). The van der Waals surface area contributed by atoms with Crippen molar-refractivity contribution in [3.8, 4) is 0 Å². The van der Waals surface area contributed by atoms with Gasteiger partial charge in [0.15, 0.2) is 11.6 Å². The molecule has 0 fully saturated rings. The molecule has 152 valence electrons. The lowest BCUT2D eigenvalue weighted by atomic mass is 9.96. The van der Waals surface area contributed by atoms with Gasteiger partial charge in [0.1, 0.15) is 0 Å². The molecule has 5 nitrogen and oxygen atoms in total. The molecule has 0 spiro atoms. The van der Waals surface area contributed by atoms with E-state index in [4.69, 9.17) is 0 Å². The van der Waals surface area contributed by atoms with Gasteiger partial charge in [-0.2, -0.15) is 0 Å². The third-order valence-corrected chi connectivity index (χ3v) is 7.04. The first-order valence-corrected chi connectivity index (χ1v) is 11.1. The fourth-order valence-corrected chi connectivity index (χ4v) is 4.93. The van der Waals surface area contributed by atoms with Crippen molar-refractivity contribution in [2.45, 2.75) is 44.9 Å². The van der Waals surface area contributed by atoms with Crippen LogP contribution >= 0.6 is 0 Å². The topological polar surface area (TPSA) is 71.5 Å². The number of nitrogens with zero attached hydrogens (tertiary/aromatic N) is 1. The van der Waals surface area contributed by atoms with Crippen LogP contribution in [0.1, 0.15) is 47.7 Å². The Morgan fingerprint density at radius 3 is 2.03 bits per heavy atom. The van der Waals surface area contributed by atoms with Crippen molar-refractivity contribution in [2.24, 2.45) is 0 Å². The molecule has 0 radical (unpaired) electrons. The van der Waals surface area contributed by atoms with Crippen LogP contribution in [0.4, 0.5) is 0 Å². The van der Waals surface area contributed by atoms with Gasteiger partial charge in [-0.1, -0.05) is 47.5 Å². The first kappa shape index (κ1) is 21.0. The van der Waals surface area contributed by atoms with Gasteiger partial charge in [-0.25, -0.2) is 8.42 Å².